The molecule has 0 atom stereocenters. The van der Waals surface area contributed by atoms with Gasteiger partial charge in [-0.3, -0.25) is 0 Å². The van der Waals surface area contributed by atoms with Crippen LogP contribution >= 0.6 is 11.6 Å². The van der Waals surface area contributed by atoms with Crippen LogP contribution in [0, 0.1) is 0 Å². The van der Waals surface area contributed by atoms with Gasteiger partial charge in [-0.15, -0.1) is 0 Å². The van der Waals surface area contributed by atoms with Gasteiger partial charge in [0.05, 0.1) is 22.2 Å². The average molecular weight is 289 g/mol. The van der Waals surface area contributed by atoms with Crippen LogP contribution in [-0.4, -0.2) is 18.6 Å². The second-order valence-corrected chi connectivity index (χ2v) is 5.53. The number of nitrogens with two attached hydrogens (primary N) is 1. The summed E-state index contributed by atoms with van der Waals surface area (Å²) in [5.41, 5.74) is 5.74. The van der Waals surface area contributed by atoms with Crippen LogP contribution in [0.2, 0.25) is 5.02 Å². The van der Waals surface area contributed by atoms with Crippen LogP contribution in [0.25, 0.3) is 0 Å². The summed E-state index contributed by atoms with van der Waals surface area (Å²) in [5.74, 6) is 0.237. The lowest BCUT2D eigenvalue weighted by atomic mass is 10.3. The van der Waals surface area contributed by atoms with Crippen molar-refractivity contribution in [1.82, 2.24) is 14.9 Å². The molecule has 0 fully saturated rings. The third-order valence-electron chi connectivity index (χ3n) is 2.11. The number of hydrogen-bond donors (Lipinski definition) is 2. The first-order valence-corrected chi connectivity index (χ1v) is 6.65. The lowest BCUT2D eigenvalue weighted by Gasteiger charge is -2.06. The van der Waals surface area contributed by atoms with Gasteiger partial charge >= 0.3 is 0 Å². The highest BCUT2D eigenvalue weighted by atomic mass is 35.5. The highest BCUT2D eigenvalue weighted by Crippen LogP contribution is 2.22. The van der Waals surface area contributed by atoms with E-state index in [9.17, 15) is 8.42 Å². The summed E-state index contributed by atoms with van der Waals surface area (Å²) < 4.78 is 30.6. The van der Waals surface area contributed by atoms with Gasteiger partial charge in [-0.2, -0.15) is 4.98 Å². The van der Waals surface area contributed by atoms with Crippen molar-refractivity contribution in [2.24, 2.45) is 0 Å². The zero-order valence-electron chi connectivity index (χ0n) is 9.00. The molecule has 0 saturated carbocycles. The fraction of sp³-hybridized carbons (Fsp3) is 0.111. The molecule has 0 spiro atoms. The highest BCUT2D eigenvalue weighted by Gasteiger charge is 2.15. The number of nitrogens with zero attached hydrogens (tertiary/aromatic N) is 2. The van der Waals surface area contributed by atoms with Crippen molar-refractivity contribution in [2.45, 2.75) is 11.4 Å². The van der Waals surface area contributed by atoms with E-state index in [1.807, 2.05) is 0 Å². The Labute approximate surface area is 108 Å². The van der Waals surface area contributed by atoms with Gasteiger partial charge in [0, 0.05) is 0 Å². The molecular formula is C9H9ClN4O3S. The molecule has 18 heavy (non-hydrogen) atoms. The maximum absolute atomic E-state index is 11.9. The molecule has 0 amide bonds. The van der Waals surface area contributed by atoms with Crippen LogP contribution in [-0.2, 0) is 16.6 Å². The predicted molar refractivity (Wildman–Crippen MR) is 64.2 cm³/mol. The maximum atomic E-state index is 11.9. The second kappa shape index (κ2) is 4.92. The van der Waals surface area contributed by atoms with Crippen LogP contribution in [0.3, 0.4) is 0 Å². The minimum absolute atomic E-state index is 0.0212. The normalized spacial score (nSPS) is 11.6. The van der Waals surface area contributed by atoms with Gasteiger partial charge in [0.2, 0.25) is 16.4 Å². The first-order chi connectivity index (χ1) is 8.49. The minimum atomic E-state index is -3.69. The summed E-state index contributed by atoms with van der Waals surface area (Å²) in [6.07, 6.45) is 1.11. The Bertz CT molecular complexity index is 642. The van der Waals surface area contributed by atoms with Crippen LogP contribution in [0.4, 0.5) is 5.69 Å². The Kier molecular flexibility index (Phi) is 3.50. The fourth-order valence-electron chi connectivity index (χ4n) is 1.20. The smallest absolute Gasteiger partial charge is 0.241 e. The molecule has 1 aromatic carbocycles. The summed E-state index contributed by atoms with van der Waals surface area (Å²) in [7, 11) is -3.69. The average Bonchev–Trinajstić information content (AvgIpc) is 2.83. The number of nitrogen functional groups attached to an aromatic ring is 1. The molecule has 1 heterocycles. The van der Waals surface area contributed by atoms with E-state index in [4.69, 9.17) is 17.3 Å². The number of sulfonamides is 1. The summed E-state index contributed by atoms with van der Waals surface area (Å²) in [6, 6.07) is 4.05. The Morgan fingerprint density at radius 3 is 2.83 bits per heavy atom. The predicted octanol–water partition coefficient (Wildman–Crippen LogP) is 0.784. The standard InChI is InChI=1S/C9H9ClN4O3S/c10-7-2-1-6(3-8(7)11)18(15,16)13-4-9-12-5-17-14-9/h1-3,5,13H,4,11H2. The Hall–Kier alpha value is -1.64. The number of benzene rings is 1. The third kappa shape index (κ3) is 2.78. The molecule has 0 aliphatic heterocycles. The number of aromatic nitrogens is 2. The summed E-state index contributed by atoms with van der Waals surface area (Å²) in [4.78, 5) is 3.72. The van der Waals surface area contributed by atoms with E-state index in [1.54, 1.807) is 0 Å². The van der Waals surface area contributed by atoms with E-state index in [2.05, 4.69) is 19.4 Å². The van der Waals surface area contributed by atoms with Crippen LogP contribution < -0.4 is 10.5 Å². The Balaban J connectivity index is 2.17. The first-order valence-electron chi connectivity index (χ1n) is 4.79. The number of rotatable bonds is 4. The van der Waals surface area contributed by atoms with E-state index < -0.39 is 10.0 Å². The van der Waals surface area contributed by atoms with E-state index in [0.717, 1.165) is 6.39 Å². The van der Waals surface area contributed by atoms with Gasteiger partial charge in [-0.1, -0.05) is 16.8 Å². The van der Waals surface area contributed by atoms with E-state index in [0.29, 0.717) is 5.02 Å². The van der Waals surface area contributed by atoms with Crippen molar-refractivity contribution in [2.75, 3.05) is 5.73 Å². The molecule has 0 unspecified atom stereocenters. The van der Waals surface area contributed by atoms with Crippen molar-refractivity contribution in [3.8, 4) is 0 Å². The molecule has 0 radical (unpaired) electrons. The van der Waals surface area contributed by atoms with Gasteiger partial charge in [0.25, 0.3) is 0 Å². The van der Waals surface area contributed by atoms with Crippen molar-refractivity contribution in [3.05, 3.63) is 35.4 Å². The Morgan fingerprint density at radius 2 is 2.22 bits per heavy atom. The monoisotopic (exact) mass is 288 g/mol. The molecule has 2 rings (SSSR count). The van der Waals surface area contributed by atoms with Crippen LogP contribution in [0.5, 0.6) is 0 Å². The molecule has 0 aliphatic carbocycles. The van der Waals surface area contributed by atoms with Gasteiger partial charge in [0.15, 0.2) is 5.82 Å². The van der Waals surface area contributed by atoms with E-state index in [-0.39, 0.29) is 23.0 Å². The van der Waals surface area contributed by atoms with Gasteiger partial charge < -0.3 is 10.3 Å². The molecule has 3 N–H and O–H groups in total. The lowest BCUT2D eigenvalue weighted by Crippen LogP contribution is -2.23. The second-order valence-electron chi connectivity index (χ2n) is 3.36. The molecule has 0 aliphatic rings. The molecule has 0 saturated heterocycles. The van der Waals surface area contributed by atoms with E-state index >= 15 is 0 Å². The first kappa shape index (κ1) is 12.8. The number of hydrogen-bond acceptors (Lipinski definition) is 6. The number of halogens is 1. The van der Waals surface area contributed by atoms with Crippen molar-refractivity contribution >= 4 is 27.3 Å². The van der Waals surface area contributed by atoms with Crippen molar-refractivity contribution in [3.63, 3.8) is 0 Å². The maximum Gasteiger partial charge on any atom is 0.241 e. The lowest BCUT2D eigenvalue weighted by molar-refractivity contribution is 0.409. The molecule has 7 nitrogen and oxygen atoms in total. The zero-order valence-corrected chi connectivity index (χ0v) is 10.6. The molecular weight excluding hydrogens is 280 g/mol. The topological polar surface area (TPSA) is 111 Å². The summed E-state index contributed by atoms with van der Waals surface area (Å²) in [5, 5.41) is 3.78. The zero-order chi connectivity index (χ0) is 13.2. The third-order valence-corrected chi connectivity index (χ3v) is 3.85. The number of anilines is 1. The largest absolute Gasteiger partial charge is 0.397 e. The SMILES string of the molecule is Nc1cc(S(=O)(=O)NCc2ncon2)ccc1Cl. The van der Waals surface area contributed by atoms with Crippen molar-refractivity contribution in [1.29, 1.82) is 0 Å². The fourth-order valence-corrected chi connectivity index (χ4v) is 2.33. The molecule has 2 aromatic rings. The summed E-state index contributed by atoms with van der Waals surface area (Å²) >= 11 is 5.72. The van der Waals surface area contributed by atoms with Gasteiger partial charge in [-0.05, 0) is 18.2 Å². The van der Waals surface area contributed by atoms with Crippen molar-refractivity contribution < 1.29 is 12.9 Å². The molecule has 96 valence electrons. The van der Waals surface area contributed by atoms with Crippen LogP contribution in [0.1, 0.15) is 5.82 Å². The summed E-state index contributed by atoms with van der Waals surface area (Å²) in [6.45, 7) is -0.0681. The molecule has 9 heteroatoms. The highest BCUT2D eigenvalue weighted by molar-refractivity contribution is 7.89. The van der Waals surface area contributed by atoms with Crippen LogP contribution in [0.15, 0.2) is 34.0 Å². The van der Waals surface area contributed by atoms with Gasteiger partial charge in [-0.25, -0.2) is 13.1 Å². The Morgan fingerprint density at radius 1 is 1.44 bits per heavy atom. The quantitative estimate of drug-likeness (QED) is 0.804. The number of nitrogens with one attached hydrogen (secondary N) is 1. The minimum Gasteiger partial charge on any atom is -0.397 e. The molecule has 0 bridgehead atoms. The van der Waals surface area contributed by atoms with Gasteiger partial charge in [0.1, 0.15) is 0 Å². The molecule has 1 aromatic heterocycles. The van der Waals surface area contributed by atoms with E-state index in [1.165, 1.54) is 18.2 Å².